The molecule has 1 aromatic heterocycles. The summed E-state index contributed by atoms with van der Waals surface area (Å²) >= 11 is 2.06. The van der Waals surface area contributed by atoms with E-state index < -0.39 is 0 Å². The summed E-state index contributed by atoms with van der Waals surface area (Å²) < 4.78 is 1.83. The first-order valence-electron chi connectivity index (χ1n) is 14.3. The maximum atomic E-state index is 4.16. The standard InChI is InChI=1S/C7H16N2.C6H14N2.C5H10N2.C5H8N2.C5H11NS/c1-8-4-3-5-9(2)7-6-8;1-7-3-5-8(2)6-4-7;1-5-6-3-4-7(5)2;1-5-3-4-6-7(5)2;1-6-2-4-7-5-3-6/h3-7H2,1-2H3;3-6H2,1-2H3;3-4H2,1-2H3;3-4H,1-2H3;2-5H2,1H3. The van der Waals surface area contributed by atoms with Gasteiger partial charge in [0, 0.05) is 96.4 Å². The number of piperazine rings is 1. The van der Waals surface area contributed by atoms with Gasteiger partial charge in [0.2, 0.25) is 0 Å². The summed E-state index contributed by atoms with van der Waals surface area (Å²) in [7, 11) is 14.9. The molecule has 222 valence electrons. The van der Waals surface area contributed by atoms with Gasteiger partial charge in [0.15, 0.2) is 0 Å². The molecule has 10 heteroatoms. The number of likely N-dealkylation sites (N-methyl/N-ethyl adjacent to an activating group) is 5. The lowest BCUT2D eigenvalue weighted by molar-refractivity contribution is 0.181. The second-order valence-corrected chi connectivity index (χ2v) is 12.2. The molecule has 0 spiro atoms. The molecule has 38 heavy (non-hydrogen) atoms. The molecule has 0 aliphatic carbocycles. The number of nitrogens with zero attached hydrogens (tertiary/aromatic N) is 9. The Balaban J connectivity index is 0.000000238. The molecule has 0 N–H and O–H groups in total. The van der Waals surface area contributed by atoms with Crippen LogP contribution >= 0.6 is 11.8 Å². The largest absolute Gasteiger partial charge is 0.362 e. The molecule has 0 unspecified atom stereocenters. The molecule has 3 saturated heterocycles. The lowest BCUT2D eigenvalue weighted by Gasteiger charge is -2.28. The van der Waals surface area contributed by atoms with E-state index in [-0.39, 0.29) is 0 Å². The number of rotatable bonds is 0. The van der Waals surface area contributed by atoms with Crippen molar-refractivity contribution in [2.75, 3.05) is 132 Å². The molecule has 4 aliphatic heterocycles. The lowest BCUT2D eigenvalue weighted by atomic mass is 10.4. The van der Waals surface area contributed by atoms with Crippen molar-refractivity contribution in [2.45, 2.75) is 20.3 Å². The van der Waals surface area contributed by atoms with Crippen LogP contribution in [0, 0.1) is 6.92 Å². The zero-order chi connectivity index (χ0) is 28.3. The minimum atomic E-state index is 0.988. The van der Waals surface area contributed by atoms with Crippen LogP contribution in [0.5, 0.6) is 0 Å². The van der Waals surface area contributed by atoms with E-state index in [1.165, 1.54) is 94.9 Å². The molecule has 0 saturated carbocycles. The van der Waals surface area contributed by atoms with Crippen molar-refractivity contribution in [2.24, 2.45) is 12.0 Å². The molecule has 5 heterocycles. The molecular formula is C28H59N9S. The highest BCUT2D eigenvalue weighted by Gasteiger charge is 2.08. The van der Waals surface area contributed by atoms with Crippen molar-refractivity contribution >= 4 is 17.6 Å². The fourth-order valence-corrected chi connectivity index (χ4v) is 4.91. The Hall–Kier alpha value is -1.17. The molecule has 0 amide bonds. The van der Waals surface area contributed by atoms with Crippen molar-refractivity contribution < 1.29 is 0 Å². The van der Waals surface area contributed by atoms with Gasteiger partial charge < -0.3 is 29.4 Å². The average Bonchev–Trinajstić information content (AvgIpc) is 3.40. The Kier molecular flexibility index (Phi) is 19.0. The number of aliphatic imine (C=N–C) groups is 1. The predicted molar refractivity (Wildman–Crippen MR) is 168 cm³/mol. The normalized spacial score (nSPS) is 21.8. The van der Waals surface area contributed by atoms with Gasteiger partial charge in [-0.1, -0.05) is 0 Å². The van der Waals surface area contributed by atoms with E-state index >= 15 is 0 Å². The maximum Gasteiger partial charge on any atom is 0.0956 e. The van der Waals surface area contributed by atoms with E-state index in [1.54, 1.807) is 6.20 Å². The monoisotopic (exact) mass is 553 g/mol. The van der Waals surface area contributed by atoms with Gasteiger partial charge in [0.25, 0.3) is 0 Å². The first-order valence-corrected chi connectivity index (χ1v) is 15.4. The van der Waals surface area contributed by atoms with E-state index in [9.17, 15) is 0 Å². The molecular weight excluding hydrogens is 494 g/mol. The summed E-state index contributed by atoms with van der Waals surface area (Å²) in [4.78, 5) is 18.2. The van der Waals surface area contributed by atoms with Crippen LogP contribution in [0.4, 0.5) is 0 Å². The van der Waals surface area contributed by atoms with Crippen molar-refractivity contribution in [3.05, 3.63) is 18.0 Å². The second-order valence-electron chi connectivity index (χ2n) is 10.9. The highest BCUT2D eigenvalue weighted by Crippen LogP contribution is 2.05. The number of thioether (sulfide) groups is 1. The van der Waals surface area contributed by atoms with Crippen LogP contribution in [0.3, 0.4) is 0 Å². The molecule has 4 aliphatic rings. The maximum absolute atomic E-state index is 4.16. The molecule has 0 bridgehead atoms. The van der Waals surface area contributed by atoms with E-state index in [0.29, 0.717) is 0 Å². The lowest BCUT2D eigenvalue weighted by Crippen LogP contribution is -2.42. The van der Waals surface area contributed by atoms with Gasteiger partial charge in [0.1, 0.15) is 0 Å². The summed E-state index contributed by atoms with van der Waals surface area (Å²) in [5, 5.41) is 3.93. The second kappa shape index (κ2) is 20.7. The molecule has 5 rings (SSSR count). The quantitative estimate of drug-likeness (QED) is 0.483. The smallest absolute Gasteiger partial charge is 0.0956 e. The summed E-state index contributed by atoms with van der Waals surface area (Å²) in [5.74, 6) is 3.83. The molecule has 3 fully saturated rings. The number of hydrogen-bond donors (Lipinski definition) is 0. The molecule has 0 atom stereocenters. The van der Waals surface area contributed by atoms with Gasteiger partial charge in [-0.2, -0.15) is 16.9 Å². The van der Waals surface area contributed by atoms with Gasteiger partial charge in [-0.3, -0.25) is 9.67 Å². The Morgan fingerprint density at radius 1 is 0.605 bits per heavy atom. The number of hydrogen-bond acceptors (Lipinski definition) is 9. The molecule has 1 aromatic rings. The Labute approximate surface area is 239 Å². The van der Waals surface area contributed by atoms with Gasteiger partial charge >= 0.3 is 0 Å². The van der Waals surface area contributed by atoms with Crippen LogP contribution in [-0.2, 0) is 7.05 Å². The minimum Gasteiger partial charge on any atom is -0.362 e. The van der Waals surface area contributed by atoms with Crippen molar-refractivity contribution in [3.63, 3.8) is 0 Å². The fourth-order valence-electron chi connectivity index (χ4n) is 3.82. The van der Waals surface area contributed by atoms with Crippen molar-refractivity contribution in [1.29, 1.82) is 0 Å². The SMILES string of the molecule is CC1=NCCN1C.CN1CCCN(C)CC1.CN1CCN(C)CC1.CN1CCSCC1.Cc1ccnn1C. The average molecular weight is 554 g/mol. The summed E-state index contributed by atoms with van der Waals surface area (Å²) in [5.41, 5.74) is 1.19. The summed E-state index contributed by atoms with van der Waals surface area (Å²) in [6.45, 7) is 18.6. The fraction of sp³-hybridized carbons (Fsp3) is 0.857. The molecule has 0 radical (unpaired) electrons. The highest BCUT2D eigenvalue weighted by molar-refractivity contribution is 7.99. The van der Waals surface area contributed by atoms with Crippen LogP contribution < -0.4 is 0 Å². The third-order valence-electron chi connectivity index (χ3n) is 7.30. The Morgan fingerprint density at radius 3 is 1.29 bits per heavy atom. The van der Waals surface area contributed by atoms with Gasteiger partial charge in [-0.05, 0) is 74.7 Å². The van der Waals surface area contributed by atoms with E-state index in [2.05, 4.69) is 93.5 Å². The van der Waals surface area contributed by atoms with E-state index in [1.807, 2.05) is 31.6 Å². The number of aromatic nitrogens is 2. The van der Waals surface area contributed by atoms with Gasteiger partial charge in [-0.15, -0.1) is 0 Å². The van der Waals surface area contributed by atoms with Gasteiger partial charge in [-0.25, -0.2) is 0 Å². The molecule has 9 nitrogen and oxygen atoms in total. The highest BCUT2D eigenvalue weighted by atomic mass is 32.2. The molecule has 0 aromatic carbocycles. The van der Waals surface area contributed by atoms with Crippen LogP contribution in [0.25, 0.3) is 0 Å². The topological polar surface area (TPSA) is 49.6 Å². The van der Waals surface area contributed by atoms with Crippen molar-refractivity contribution in [3.8, 4) is 0 Å². The number of amidine groups is 1. The predicted octanol–water partition coefficient (Wildman–Crippen LogP) is 1.86. The Bertz CT molecular complexity index is 691. The zero-order valence-electron chi connectivity index (χ0n) is 26.2. The van der Waals surface area contributed by atoms with E-state index in [4.69, 9.17) is 0 Å². The third kappa shape index (κ3) is 17.4. The van der Waals surface area contributed by atoms with Crippen LogP contribution in [0.2, 0.25) is 0 Å². The van der Waals surface area contributed by atoms with E-state index in [0.717, 1.165) is 13.1 Å². The van der Waals surface area contributed by atoms with Gasteiger partial charge in [0.05, 0.1) is 12.4 Å². The third-order valence-corrected chi connectivity index (χ3v) is 8.24. The first-order chi connectivity index (χ1) is 18.1. The van der Waals surface area contributed by atoms with Crippen LogP contribution in [-0.4, -0.2) is 177 Å². The Morgan fingerprint density at radius 2 is 1.05 bits per heavy atom. The summed E-state index contributed by atoms with van der Waals surface area (Å²) in [6.07, 6.45) is 3.11. The number of aryl methyl sites for hydroxylation is 2. The first kappa shape index (κ1) is 34.9. The minimum absolute atomic E-state index is 0.988. The summed E-state index contributed by atoms with van der Waals surface area (Å²) in [6, 6.07) is 1.97. The van der Waals surface area contributed by atoms with Crippen LogP contribution in [0.15, 0.2) is 17.3 Å². The van der Waals surface area contributed by atoms with Crippen LogP contribution in [0.1, 0.15) is 19.0 Å². The zero-order valence-corrected chi connectivity index (χ0v) is 27.0. The van der Waals surface area contributed by atoms with Crippen molar-refractivity contribution in [1.82, 2.24) is 39.2 Å².